The van der Waals surface area contributed by atoms with E-state index in [1.54, 1.807) is 0 Å². The van der Waals surface area contributed by atoms with E-state index in [0.717, 1.165) is 18.2 Å². The first kappa shape index (κ1) is 17.1. The molecule has 0 spiro atoms. The fourth-order valence-corrected chi connectivity index (χ4v) is 3.95. The average Bonchev–Trinajstić information content (AvgIpc) is 2.76. The summed E-state index contributed by atoms with van der Waals surface area (Å²) < 4.78 is 25.8. The lowest BCUT2D eigenvalue weighted by atomic mass is 10.3. The van der Waals surface area contributed by atoms with Crippen LogP contribution in [0.2, 0.25) is 5.02 Å². The highest BCUT2D eigenvalue weighted by Gasteiger charge is 2.32. The Balaban J connectivity index is 0.00000200. The van der Waals surface area contributed by atoms with Gasteiger partial charge in [-0.1, -0.05) is 11.6 Å². The van der Waals surface area contributed by atoms with Crippen LogP contribution in [0.5, 0.6) is 0 Å². The molecule has 0 aliphatic carbocycles. The molecule has 0 amide bonds. The number of nitrogens with two attached hydrogens (primary N) is 1. The quantitative estimate of drug-likeness (QED) is 0.660. The van der Waals surface area contributed by atoms with Crippen LogP contribution < -0.4 is 5.73 Å². The number of nitro benzene ring substituents is 1. The number of benzene rings is 1. The zero-order chi connectivity index (χ0) is 14.2. The number of rotatable bonds is 3. The maximum Gasteiger partial charge on any atom is 0.271 e. The first-order chi connectivity index (χ1) is 8.82. The number of halogens is 2. The first-order valence-electron chi connectivity index (χ1n) is 5.52. The van der Waals surface area contributed by atoms with Crippen LogP contribution in [0, 0.1) is 10.1 Å². The molecule has 2 rings (SSSR count). The minimum atomic E-state index is -3.75. The van der Waals surface area contributed by atoms with E-state index in [0.29, 0.717) is 13.0 Å². The van der Waals surface area contributed by atoms with Gasteiger partial charge in [0.2, 0.25) is 10.0 Å². The lowest BCUT2D eigenvalue weighted by Crippen LogP contribution is -2.32. The summed E-state index contributed by atoms with van der Waals surface area (Å²) in [5.74, 6) is 0. The van der Waals surface area contributed by atoms with Crippen molar-refractivity contribution in [3.8, 4) is 0 Å². The predicted octanol–water partition coefficient (Wildman–Crippen LogP) is 1.39. The molecule has 1 heterocycles. The molecule has 0 aromatic heterocycles. The fraction of sp³-hybridized carbons (Fsp3) is 0.400. The van der Waals surface area contributed by atoms with E-state index in [1.165, 1.54) is 4.31 Å². The first-order valence-corrected chi connectivity index (χ1v) is 7.34. The largest absolute Gasteiger partial charge is 0.326 e. The second-order valence-corrected chi connectivity index (χ2v) is 6.60. The van der Waals surface area contributed by atoms with E-state index in [-0.39, 0.29) is 40.6 Å². The van der Waals surface area contributed by atoms with Crippen molar-refractivity contribution < 1.29 is 13.3 Å². The lowest BCUT2D eigenvalue weighted by Gasteiger charge is -2.16. The Hall–Kier alpha value is -0.930. The number of nitro groups is 1. The molecule has 1 aromatic rings. The summed E-state index contributed by atoms with van der Waals surface area (Å²) in [6.07, 6.45) is 0.587. The van der Waals surface area contributed by atoms with E-state index in [9.17, 15) is 18.5 Å². The zero-order valence-corrected chi connectivity index (χ0v) is 12.6. The highest BCUT2D eigenvalue weighted by molar-refractivity contribution is 7.89. The molecule has 1 saturated heterocycles. The topological polar surface area (TPSA) is 107 Å². The summed E-state index contributed by atoms with van der Waals surface area (Å²) >= 11 is 5.83. The molecule has 7 nitrogen and oxygen atoms in total. The number of nitrogens with zero attached hydrogens (tertiary/aromatic N) is 2. The maximum atomic E-state index is 12.3. The van der Waals surface area contributed by atoms with E-state index in [4.69, 9.17) is 17.3 Å². The molecular weight excluding hydrogens is 329 g/mol. The normalized spacial score (nSPS) is 19.6. The van der Waals surface area contributed by atoms with Gasteiger partial charge in [-0.25, -0.2) is 8.42 Å². The number of non-ortho nitro benzene ring substituents is 1. The van der Waals surface area contributed by atoms with Crippen LogP contribution in [0.3, 0.4) is 0 Å². The summed E-state index contributed by atoms with van der Waals surface area (Å²) in [5, 5.41) is 10.4. The standard InChI is InChI=1S/C10H12ClN3O4S.ClH/c11-9-5-8(14(15)16)1-2-10(9)19(17,18)13-4-3-7(12)6-13;/h1-2,5,7H,3-4,6,12H2;1H/t7-;/m1./s1. The Morgan fingerprint density at radius 1 is 1.45 bits per heavy atom. The van der Waals surface area contributed by atoms with Crippen LogP contribution in [0.25, 0.3) is 0 Å². The smallest absolute Gasteiger partial charge is 0.271 e. The average molecular weight is 342 g/mol. The molecule has 1 aliphatic heterocycles. The SMILES string of the molecule is Cl.N[C@@H]1CCN(S(=O)(=O)c2ccc([N+](=O)[O-])cc2Cl)C1. The van der Waals surface area contributed by atoms with Crippen LogP contribution in [0.4, 0.5) is 5.69 Å². The van der Waals surface area contributed by atoms with Crippen molar-refractivity contribution in [3.05, 3.63) is 33.3 Å². The van der Waals surface area contributed by atoms with Gasteiger partial charge >= 0.3 is 0 Å². The fourth-order valence-electron chi connectivity index (χ4n) is 1.92. The van der Waals surface area contributed by atoms with Gasteiger partial charge in [-0.15, -0.1) is 12.4 Å². The van der Waals surface area contributed by atoms with E-state index < -0.39 is 14.9 Å². The van der Waals surface area contributed by atoms with Crippen LogP contribution in [-0.4, -0.2) is 36.8 Å². The molecular formula is C10H13Cl2N3O4S. The van der Waals surface area contributed by atoms with Gasteiger partial charge in [-0.05, 0) is 12.5 Å². The van der Waals surface area contributed by atoms with Crippen molar-refractivity contribution in [1.29, 1.82) is 0 Å². The van der Waals surface area contributed by atoms with Gasteiger partial charge in [0.05, 0.1) is 9.95 Å². The van der Waals surface area contributed by atoms with Crippen molar-refractivity contribution in [2.24, 2.45) is 5.73 Å². The zero-order valence-electron chi connectivity index (χ0n) is 10.2. The third-order valence-corrected chi connectivity index (χ3v) is 5.28. The van der Waals surface area contributed by atoms with Gasteiger partial charge in [0.15, 0.2) is 0 Å². The molecule has 112 valence electrons. The molecule has 1 atom stereocenters. The van der Waals surface area contributed by atoms with E-state index in [1.807, 2.05) is 0 Å². The van der Waals surface area contributed by atoms with Gasteiger partial charge < -0.3 is 5.73 Å². The van der Waals surface area contributed by atoms with Crippen molar-refractivity contribution in [1.82, 2.24) is 4.31 Å². The van der Waals surface area contributed by atoms with Crippen molar-refractivity contribution in [3.63, 3.8) is 0 Å². The van der Waals surface area contributed by atoms with Crippen molar-refractivity contribution >= 4 is 39.7 Å². The molecule has 2 N–H and O–H groups in total. The minimum absolute atomic E-state index is 0. The Morgan fingerprint density at radius 2 is 2.10 bits per heavy atom. The summed E-state index contributed by atoms with van der Waals surface area (Å²) in [5.41, 5.74) is 5.43. The number of hydrogen-bond donors (Lipinski definition) is 1. The van der Waals surface area contributed by atoms with Crippen molar-refractivity contribution in [2.45, 2.75) is 17.4 Å². The van der Waals surface area contributed by atoms with E-state index in [2.05, 4.69) is 0 Å². The summed E-state index contributed by atoms with van der Waals surface area (Å²) in [4.78, 5) is 9.82. The monoisotopic (exact) mass is 341 g/mol. The second kappa shape index (κ2) is 6.23. The summed E-state index contributed by atoms with van der Waals surface area (Å²) in [7, 11) is -3.75. The molecule has 0 saturated carbocycles. The molecule has 20 heavy (non-hydrogen) atoms. The summed E-state index contributed by atoms with van der Waals surface area (Å²) in [6.45, 7) is 0.562. The second-order valence-electron chi connectivity index (χ2n) is 4.28. The van der Waals surface area contributed by atoms with Gasteiger partial charge in [0.1, 0.15) is 4.90 Å². The van der Waals surface area contributed by atoms with Crippen LogP contribution in [-0.2, 0) is 10.0 Å². The van der Waals surface area contributed by atoms with E-state index >= 15 is 0 Å². The molecule has 1 aromatic carbocycles. The minimum Gasteiger partial charge on any atom is -0.326 e. The Labute approximate surface area is 127 Å². The maximum absolute atomic E-state index is 12.3. The molecule has 0 unspecified atom stereocenters. The Morgan fingerprint density at radius 3 is 2.55 bits per heavy atom. The number of hydrogen-bond acceptors (Lipinski definition) is 5. The number of sulfonamides is 1. The third kappa shape index (κ3) is 3.21. The predicted molar refractivity (Wildman–Crippen MR) is 76.7 cm³/mol. The molecule has 0 radical (unpaired) electrons. The van der Waals surface area contributed by atoms with Crippen LogP contribution in [0.1, 0.15) is 6.42 Å². The Kier molecular flexibility index (Phi) is 5.33. The van der Waals surface area contributed by atoms with Gasteiger partial charge in [-0.3, -0.25) is 10.1 Å². The molecule has 0 bridgehead atoms. The molecule has 1 aliphatic rings. The van der Waals surface area contributed by atoms with Crippen LogP contribution >= 0.6 is 24.0 Å². The van der Waals surface area contributed by atoms with Gasteiger partial charge in [-0.2, -0.15) is 4.31 Å². The van der Waals surface area contributed by atoms with Crippen LogP contribution in [0.15, 0.2) is 23.1 Å². The lowest BCUT2D eigenvalue weighted by molar-refractivity contribution is -0.384. The van der Waals surface area contributed by atoms with Crippen molar-refractivity contribution in [2.75, 3.05) is 13.1 Å². The van der Waals surface area contributed by atoms with Gasteiger partial charge in [0.25, 0.3) is 5.69 Å². The summed E-state index contributed by atoms with van der Waals surface area (Å²) in [6, 6.07) is 3.12. The molecule has 10 heteroatoms. The van der Waals surface area contributed by atoms with Gasteiger partial charge in [0, 0.05) is 31.3 Å². The molecule has 1 fully saturated rings. The highest BCUT2D eigenvalue weighted by Crippen LogP contribution is 2.29. The Bertz CT molecular complexity index is 623. The highest BCUT2D eigenvalue weighted by atomic mass is 35.5. The third-order valence-electron chi connectivity index (χ3n) is 2.93.